The van der Waals surface area contributed by atoms with Crippen LogP contribution >= 0.6 is 15.6 Å². The maximum Gasteiger partial charge on any atom is 0.524 e. The summed E-state index contributed by atoms with van der Waals surface area (Å²) in [7, 11) is -10.00. The maximum absolute atomic E-state index is 11.2. The number of hydrogen-bond donors (Lipinski definition) is 2. The van der Waals surface area contributed by atoms with E-state index in [4.69, 9.17) is 14.3 Å². The highest BCUT2D eigenvalue weighted by Crippen LogP contribution is 2.43. The zero-order valence-electron chi connectivity index (χ0n) is 14.2. The Morgan fingerprint density at radius 3 is 1.61 bits per heavy atom. The SMILES string of the molecule is O=P([O-])([O-])Oc1ccccc1-c1cccc(-c2ccccc2OP(=O)(O)O)c1. The number of hydrogen-bond acceptors (Lipinski definition) is 6. The Kier molecular flexibility index (Phi) is 5.72. The van der Waals surface area contributed by atoms with Crippen LogP contribution in [0.2, 0.25) is 0 Å². The van der Waals surface area contributed by atoms with Gasteiger partial charge in [-0.15, -0.1) is 0 Å². The van der Waals surface area contributed by atoms with Crippen molar-refractivity contribution in [2.75, 3.05) is 0 Å². The number of phosphoric ester groups is 2. The molecule has 3 aromatic rings. The van der Waals surface area contributed by atoms with Gasteiger partial charge in [0.25, 0.3) is 0 Å². The first-order valence-electron chi connectivity index (χ1n) is 7.88. The Labute approximate surface area is 160 Å². The molecule has 28 heavy (non-hydrogen) atoms. The highest BCUT2D eigenvalue weighted by Gasteiger charge is 2.19. The van der Waals surface area contributed by atoms with Crippen molar-refractivity contribution in [2.24, 2.45) is 0 Å². The van der Waals surface area contributed by atoms with Crippen molar-refractivity contribution >= 4 is 15.6 Å². The molecular weight excluding hydrogens is 406 g/mol. The zero-order chi connectivity index (χ0) is 20.4. The fourth-order valence-corrected chi connectivity index (χ4v) is 3.49. The summed E-state index contributed by atoms with van der Waals surface area (Å²) in [5.41, 5.74) is 1.88. The molecule has 2 N–H and O–H groups in total. The normalized spacial score (nSPS) is 11.9. The van der Waals surface area contributed by atoms with E-state index in [1.807, 2.05) is 0 Å². The van der Waals surface area contributed by atoms with Gasteiger partial charge in [-0.05, 0) is 29.3 Å². The molecule has 8 nitrogen and oxygen atoms in total. The van der Waals surface area contributed by atoms with E-state index >= 15 is 0 Å². The van der Waals surface area contributed by atoms with Crippen LogP contribution in [0.15, 0.2) is 72.8 Å². The van der Waals surface area contributed by atoms with Gasteiger partial charge < -0.3 is 23.4 Å². The molecule has 3 rings (SSSR count). The standard InChI is InChI=1S/C18H16O8P2/c19-27(20,21)25-17-10-3-1-8-15(17)13-6-5-7-14(12-13)16-9-2-4-11-18(16)26-28(22,23)24/h1-12H,(H2,19,20,21)(H2,22,23,24)/p-2. The Morgan fingerprint density at radius 2 is 1.14 bits per heavy atom. The molecule has 0 amide bonds. The van der Waals surface area contributed by atoms with Crippen LogP contribution < -0.4 is 18.8 Å². The van der Waals surface area contributed by atoms with E-state index < -0.39 is 15.6 Å². The maximum atomic E-state index is 11.2. The van der Waals surface area contributed by atoms with Crippen molar-refractivity contribution in [3.8, 4) is 33.8 Å². The summed E-state index contributed by atoms with van der Waals surface area (Å²) in [6.07, 6.45) is 0. The molecule has 0 aliphatic carbocycles. The minimum atomic E-state index is -5.24. The molecule has 0 unspecified atom stereocenters. The van der Waals surface area contributed by atoms with Crippen LogP contribution in [0.3, 0.4) is 0 Å². The molecule has 0 bridgehead atoms. The molecule has 0 aliphatic rings. The second kappa shape index (κ2) is 7.89. The number of rotatable bonds is 6. The smallest absolute Gasteiger partial charge is 0.524 e. The van der Waals surface area contributed by atoms with Crippen LogP contribution in [-0.4, -0.2) is 9.79 Å². The number of phosphoric acid groups is 2. The summed E-state index contributed by atoms with van der Waals surface area (Å²) >= 11 is 0. The quantitative estimate of drug-likeness (QED) is 0.581. The second-order valence-electron chi connectivity index (χ2n) is 5.69. The zero-order valence-corrected chi connectivity index (χ0v) is 16.0. The average Bonchev–Trinajstić information content (AvgIpc) is 2.60. The van der Waals surface area contributed by atoms with E-state index in [0.29, 0.717) is 22.3 Å². The van der Waals surface area contributed by atoms with Gasteiger partial charge in [-0.2, -0.15) is 0 Å². The molecular formula is C18H14O8P2-2. The first kappa shape index (κ1) is 20.3. The molecule has 0 aromatic heterocycles. The minimum absolute atomic E-state index is 0.0128. The summed E-state index contributed by atoms with van der Waals surface area (Å²) in [4.78, 5) is 40.2. The third-order valence-electron chi connectivity index (χ3n) is 3.69. The highest BCUT2D eigenvalue weighted by molar-refractivity contribution is 7.46. The Morgan fingerprint density at radius 1 is 0.679 bits per heavy atom. The van der Waals surface area contributed by atoms with E-state index in [1.54, 1.807) is 54.6 Å². The first-order valence-corrected chi connectivity index (χ1v) is 10.9. The molecule has 0 spiro atoms. The minimum Gasteiger partial charge on any atom is -0.780 e. The van der Waals surface area contributed by atoms with Gasteiger partial charge in [0.2, 0.25) is 0 Å². The Bertz CT molecular complexity index is 1000. The summed E-state index contributed by atoms with van der Waals surface area (Å²) in [6, 6.07) is 19.1. The topological polar surface area (TPSA) is 139 Å². The Balaban J connectivity index is 2.07. The van der Waals surface area contributed by atoms with Crippen LogP contribution in [0, 0.1) is 0 Å². The van der Waals surface area contributed by atoms with Crippen LogP contribution in [-0.2, 0) is 9.13 Å². The fourth-order valence-electron chi connectivity index (χ4n) is 2.67. The lowest BCUT2D eigenvalue weighted by molar-refractivity contribution is -0.333. The van der Waals surface area contributed by atoms with Gasteiger partial charge in [-0.3, -0.25) is 9.79 Å². The third kappa shape index (κ3) is 5.30. The van der Waals surface area contributed by atoms with E-state index in [2.05, 4.69) is 4.52 Å². The van der Waals surface area contributed by atoms with E-state index in [9.17, 15) is 18.9 Å². The van der Waals surface area contributed by atoms with Crippen LogP contribution in [0.4, 0.5) is 0 Å². The van der Waals surface area contributed by atoms with Crippen molar-refractivity contribution in [1.29, 1.82) is 0 Å². The van der Waals surface area contributed by atoms with Crippen LogP contribution in [0.5, 0.6) is 11.5 Å². The third-order valence-corrected chi connectivity index (χ3v) is 4.54. The Hall–Kier alpha value is -2.44. The van der Waals surface area contributed by atoms with Gasteiger partial charge in [-0.25, -0.2) is 4.57 Å². The molecule has 0 radical (unpaired) electrons. The molecule has 0 aliphatic heterocycles. The van der Waals surface area contributed by atoms with Crippen LogP contribution in [0.1, 0.15) is 0 Å². The van der Waals surface area contributed by atoms with Gasteiger partial charge in [0.05, 0.1) is 0 Å². The van der Waals surface area contributed by atoms with Gasteiger partial charge in [0, 0.05) is 11.1 Å². The monoisotopic (exact) mass is 420 g/mol. The van der Waals surface area contributed by atoms with Gasteiger partial charge >= 0.3 is 7.82 Å². The average molecular weight is 420 g/mol. The molecule has 0 atom stereocenters. The van der Waals surface area contributed by atoms with E-state index in [-0.39, 0.29) is 11.5 Å². The predicted octanol–water partition coefficient (Wildman–Crippen LogP) is 2.70. The van der Waals surface area contributed by atoms with Crippen molar-refractivity contribution in [2.45, 2.75) is 0 Å². The molecule has 3 aromatic carbocycles. The lowest BCUT2D eigenvalue weighted by Gasteiger charge is -2.30. The summed E-state index contributed by atoms with van der Waals surface area (Å²) < 4.78 is 31.5. The number of benzene rings is 3. The van der Waals surface area contributed by atoms with Gasteiger partial charge in [-0.1, -0.05) is 54.6 Å². The lowest BCUT2D eigenvalue weighted by atomic mass is 9.98. The van der Waals surface area contributed by atoms with Gasteiger partial charge in [0.15, 0.2) is 0 Å². The first-order chi connectivity index (χ1) is 13.1. The van der Waals surface area contributed by atoms with E-state index in [1.165, 1.54) is 18.2 Å². The molecule has 10 heteroatoms. The van der Waals surface area contributed by atoms with E-state index in [0.717, 1.165) is 0 Å². The lowest BCUT2D eigenvalue weighted by Crippen LogP contribution is -2.18. The largest absolute Gasteiger partial charge is 0.780 e. The van der Waals surface area contributed by atoms with Gasteiger partial charge in [0.1, 0.15) is 19.3 Å². The summed E-state index contributed by atoms with van der Waals surface area (Å²) in [6.45, 7) is 0. The highest BCUT2D eigenvalue weighted by atomic mass is 31.2. The molecule has 0 heterocycles. The van der Waals surface area contributed by atoms with Crippen molar-refractivity contribution < 1.29 is 37.8 Å². The molecule has 146 valence electrons. The fraction of sp³-hybridized carbons (Fsp3) is 0. The van der Waals surface area contributed by atoms with Crippen molar-refractivity contribution in [3.63, 3.8) is 0 Å². The summed E-state index contributed by atoms with van der Waals surface area (Å²) in [5.74, 6) is -0.131. The van der Waals surface area contributed by atoms with Crippen molar-refractivity contribution in [1.82, 2.24) is 0 Å². The molecule has 0 saturated carbocycles. The predicted molar refractivity (Wildman–Crippen MR) is 98.2 cm³/mol. The van der Waals surface area contributed by atoms with Crippen molar-refractivity contribution in [3.05, 3.63) is 72.8 Å². The number of para-hydroxylation sites is 2. The summed E-state index contributed by atoms with van der Waals surface area (Å²) in [5, 5.41) is 0. The second-order valence-corrected chi connectivity index (χ2v) is 7.93. The molecule has 0 saturated heterocycles. The molecule has 0 fully saturated rings. The van der Waals surface area contributed by atoms with Crippen LogP contribution in [0.25, 0.3) is 22.3 Å².